The number of ether oxygens (including phenoxy) is 1. The predicted molar refractivity (Wildman–Crippen MR) is 90.1 cm³/mol. The monoisotopic (exact) mass is 333 g/mol. The fourth-order valence-corrected chi connectivity index (χ4v) is 2.72. The Balaban J connectivity index is 1.90. The number of aromatic nitrogens is 4. The van der Waals surface area contributed by atoms with Crippen LogP contribution >= 0.6 is 0 Å². The van der Waals surface area contributed by atoms with Crippen LogP contribution in [-0.4, -0.2) is 15.5 Å². The van der Waals surface area contributed by atoms with Gasteiger partial charge in [0.05, 0.1) is 5.39 Å². The average Bonchev–Trinajstić information content (AvgIpc) is 3.13. The van der Waals surface area contributed by atoms with Crippen molar-refractivity contribution in [3.63, 3.8) is 0 Å². The van der Waals surface area contributed by atoms with E-state index in [0.29, 0.717) is 17.2 Å². The van der Waals surface area contributed by atoms with E-state index in [-0.39, 0.29) is 6.61 Å². The Labute approximate surface area is 142 Å². The fraction of sp³-hybridized carbons (Fsp3) is 0.111. The molecule has 2 heterocycles. The summed E-state index contributed by atoms with van der Waals surface area (Å²) in [5.41, 5.74) is 2.63. The van der Waals surface area contributed by atoms with Gasteiger partial charge in [0.25, 0.3) is 0 Å². The highest BCUT2D eigenvalue weighted by atomic mass is 16.5. The van der Waals surface area contributed by atoms with Gasteiger partial charge in [-0.15, -0.1) is 0 Å². The Hall–Kier alpha value is -3.48. The highest BCUT2D eigenvalue weighted by Gasteiger charge is 2.14. The van der Waals surface area contributed by atoms with Gasteiger partial charge in [-0.2, -0.15) is 5.21 Å². The molecule has 0 N–H and O–H groups in total. The molecule has 0 spiro atoms. The van der Waals surface area contributed by atoms with E-state index >= 15 is 0 Å². The minimum atomic E-state index is -0.407. The Kier molecular flexibility index (Phi) is 3.74. The number of rotatable bonds is 4. The topological polar surface area (TPSA) is 92.2 Å². The summed E-state index contributed by atoms with van der Waals surface area (Å²) >= 11 is 0. The zero-order valence-corrected chi connectivity index (χ0v) is 13.3. The highest BCUT2D eigenvalue weighted by molar-refractivity contribution is 5.98. The minimum absolute atomic E-state index is 0.124. The standard InChI is InChI=1S/C18H13N4O3/c1-11-7-14(24-10-16-19-21-22-20-16)18-13(12-5-3-2-4-6-12)9-17(23)25-15(18)8-11/h2-9H,10H2,1H3/q-1. The molecule has 0 saturated heterocycles. The van der Waals surface area contributed by atoms with Crippen LogP contribution in [0.2, 0.25) is 0 Å². The van der Waals surface area contributed by atoms with Crippen LogP contribution in [0.15, 0.2) is 57.7 Å². The summed E-state index contributed by atoms with van der Waals surface area (Å²) in [7, 11) is 0. The summed E-state index contributed by atoms with van der Waals surface area (Å²) in [6.45, 7) is 2.03. The summed E-state index contributed by atoms with van der Waals surface area (Å²) < 4.78 is 11.3. The number of tetrazole rings is 1. The fourth-order valence-electron chi connectivity index (χ4n) is 2.72. The molecule has 7 nitrogen and oxygen atoms in total. The van der Waals surface area contributed by atoms with Crippen molar-refractivity contribution in [2.75, 3.05) is 0 Å². The van der Waals surface area contributed by atoms with Crippen molar-refractivity contribution in [1.29, 1.82) is 0 Å². The maximum atomic E-state index is 12.0. The van der Waals surface area contributed by atoms with Crippen LogP contribution in [0.4, 0.5) is 0 Å². The SMILES string of the molecule is Cc1cc(OCc2nnn[n-]2)c2c(-c3ccccc3)cc(=O)oc2c1. The Bertz CT molecular complexity index is 1070. The molecular formula is C18H13N4O3-. The molecule has 0 aliphatic rings. The summed E-state index contributed by atoms with van der Waals surface area (Å²) in [4.78, 5) is 12.0. The van der Waals surface area contributed by atoms with Crippen LogP contribution in [0.3, 0.4) is 0 Å². The van der Waals surface area contributed by atoms with Crippen molar-refractivity contribution in [1.82, 2.24) is 20.6 Å². The Morgan fingerprint density at radius 2 is 2.00 bits per heavy atom. The molecule has 0 bridgehead atoms. The molecule has 7 heteroatoms. The van der Waals surface area contributed by atoms with Crippen molar-refractivity contribution >= 4 is 11.0 Å². The molecule has 25 heavy (non-hydrogen) atoms. The van der Waals surface area contributed by atoms with Gasteiger partial charge in [0.15, 0.2) is 0 Å². The second-order valence-corrected chi connectivity index (χ2v) is 5.57. The van der Waals surface area contributed by atoms with E-state index in [1.807, 2.05) is 49.4 Å². The second kappa shape index (κ2) is 6.20. The van der Waals surface area contributed by atoms with E-state index in [4.69, 9.17) is 9.15 Å². The summed E-state index contributed by atoms with van der Waals surface area (Å²) in [6.07, 6.45) is 0. The van der Waals surface area contributed by atoms with E-state index in [2.05, 4.69) is 20.6 Å². The summed E-state index contributed by atoms with van der Waals surface area (Å²) in [5, 5.41) is 15.1. The van der Waals surface area contributed by atoms with Gasteiger partial charge in [-0.05, 0) is 30.2 Å². The van der Waals surface area contributed by atoms with Gasteiger partial charge in [0.2, 0.25) is 0 Å². The number of nitrogens with zero attached hydrogens (tertiary/aromatic N) is 4. The van der Waals surface area contributed by atoms with E-state index < -0.39 is 5.63 Å². The van der Waals surface area contributed by atoms with Crippen molar-refractivity contribution in [3.8, 4) is 16.9 Å². The van der Waals surface area contributed by atoms with Gasteiger partial charge in [0, 0.05) is 17.5 Å². The maximum absolute atomic E-state index is 12.0. The summed E-state index contributed by atoms with van der Waals surface area (Å²) in [6, 6.07) is 14.8. The third kappa shape index (κ3) is 2.99. The van der Waals surface area contributed by atoms with Crippen LogP contribution < -0.4 is 15.5 Å². The van der Waals surface area contributed by atoms with Crippen LogP contribution in [0.1, 0.15) is 11.4 Å². The molecular weight excluding hydrogens is 320 g/mol. The molecule has 0 radical (unpaired) electrons. The Morgan fingerprint density at radius 1 is 1.16 bits per heavy atom. The quantitative estimate of drug-likeness (QED) is 0.530. The van der Waals surface area contributed by atoms with Crippen LogP contribution in [0, 0.1) is 6.92 Å². The molecule has 0 amide bonds. The van der Waals surface area contributed by atoms with Crippen LogP contribution in [0.25, 0.3) is 22.1 Å². The van der Waals surface area contributed by atoms with Crippen molar-refractivity contribution in [2.45, 2.75) is 13.5 Å². The van der Waals surface area contributed by atoms with Gasteiger partial charge in [-0.1, -0.05) is 30.3 Å². The third-order valence-electron chi connectivity index (χ3n) is 3.75. The number of hydrogen-bond donors (Lipinski definition) is 0. The van der Waals surface area contributed by atoms with Crippen LogP contribution in [0.5, 0.6) is 5.75 Å². The lowest BCUT2D eigenvalue weighted by Gasteiger charge is -2.13. The van der Waals surface area contributed by atoms with Crippen LogP contribution in [-0.2, 0) is 6.61 Å². The van der Waals surface area contributed by atoms with E-state index in [1.54, 1.807) is 0 Å². The molecule has 0 atom stereocenters. The van der Waals surface area contributed by atoms with Gasteiger partial charge in [0.1, 0.15) is 17.9 Å². The van der Waals surface area contributed by atoms with Crippen molar-refractivity contribution in [2.24, 2.45) is 0 Å². The molecule has 124 valence electrons. The van der Waals surface area contributed by atoms with Gasteiger partial charge < -0.3 is 14.3 Å². The van der Waals surface area contributed by atoms with Crippen molar-refractivity contribution < 1.29 is 9.15 Å². The number of fused-ring (bicyclic) bond motifs is 1. The van der Waals surface area contributed by atoms with E-state index in [1.165, 1.54) is 6.07 Å². The average molecular weight is 333 g/mol. The van der Waals surface area contributed by atoms with Gasteiger partial charge >= 0.3 is 5.63 Å². The second-order valence-electron chi connectivity index (χ2n) is 5.57. The highest BCUT2D eigenvalue weighted by Crippen LogP contribution is 2.35. The number of hydrogen-bond acceptors (Lipinski definition) is 6. The third-order valence-corrected chi connectivity index (χ3v) is 3.75. The minimum Gasteiger partial charge on any atom is -0.488 e. The lowest BCUT2D eigenvalue weighted by Crippen LogP contribution is -2.03. The number of benzene rings is 2. The largest absolute Gasteiger partial charge is 0.488 e. The number of aryl methyl sites for hydroxylation is 1. The predicted octanol–water partition coefficient (Wildman–Crippen LogP) is 2.49. The molecule has 0 aliphatic carbocycles. The van der Waals surface area contributed by atoms with Crippen molar-refractivity contribution in [3.05, 3.63) is 70.3 Å². The zero-order valence-electron chi connectivity index (χ0n) is 13.3. The smallest absolute Gasteiger partial charge is 0.336 e. The molecule has 0 fully saturated rings. The zero-order chi connectivity index (χ0) is 17.2. The first-order valence-electron chi connectivity index (χ1n) is 7.65. The van der Waals surface area contributed by atoms with Gasteiger partial charge in [-0.25, -0.2) is 4.79 Å². The van der Waals surface area contributed by atoms with E-state index in [0.717, 1.165) is 22.1 Å². The molecule has 0 unspecified atom stereocenters. The molecule has 0 aliphatic heterocycles. The lowest BCUT2D eigenvalue weighted by atomic mass is 10.0. The molecule has 0 saturated carbocycles. The maximum Gasteiger partial charge on any atom is 0.336 e. The molecule has 2 aromatic heterocycles. The normalized spacial score (nSPS) is 10.9. The molecule has 2 aromatic carbocycles. The first-order chi connectivity index (χ1) is 12.2. The first-order valence-corrected chi connectivity index (χ1v) is 7.65. The Morgan fingerprint density at radius 3 is 2.76 bits per heavy atom. The van der Waals surface area contributed by atoms with E-state index in [9.17, 15) is 4.79 Å². The molecule has 4 aromatic rings. The summed E-state index contributed by atoms with van der Waals surface area (Å²) in [5.74, 6) is 0.968. The first kappa shape index (κ1) is 15.1. The molecule has 4 rings (SSSR count). The lowest BCUT2D eigenvalue weighted by molar-refractivity contribution is 0.298. The van der Waals surface area contributed by atoms with Gasteiger partial charge in [-0.3, -0.25) is 10.3 Å².